The van der Waals surface area contributed by atoms with Gasteiger partial charge in [0.25, 0.3) is 0 Å². The Morgan fingerprint density at radius 1 is 0.909 bits per heavy atom. The number of aryl methyl sites for hydroxylation is 1. The van der Waals surface area contributed by atoms with Crippen molar-refractivity contribution in [3.63, 3.8) is 0 Å². The molecule has 3 aromatic rings. The number of thioether (sulfide) groups is 1. The molecule has 7 heteroatoms. The third kappa shape index (κ3) is 2.63. The molecule has 1 N–H and O–H groups in total. The monoisotopic (exact) mass is 474 g/mol. The Labute approximate surface area is 199 Å². The molecule has 2 saturated carbocycles. The summed E-state index contributed by atoms with van der Waals surface area (Å²) in [5, 5.41) is 1.19. The summed E-state index contributed by atoms with van der Waals surface area (Å²) in [6.45, 7) is 2.08. The van der Waals surface area contributed by atoms with Gasteiger partial charge in [-0.05, 0) is 48.8 Å². The Balaban J connectivity index is 1.34. The van der Waals surface area contributed by atoms with E-state index in [1.807, 2.05) is 30.3 Å². The maximum absolute atomic E-state index is 13.6. The first-order chi connectivity index (χ1) is 16.0. The first-order valence-electron chi connectivity index (χ1n) is 11.4. The van der Waals surface area contributed by atoms with Gasteiger partial charge in [0.1, 0.15) is 0 Å². The summed E-state index contributed by atoms with van der Waals surface area (Å²) in [5.74, 6) is 0.0543. The average molecular weight is 475 g/mol. The minimum atomic E-state index is -0.255. The van der Waals surface area contributed by atoms with Crippen molar-refractivity contribution in [3.05, 3.63) is 80.3 Å². The van der Waals surface area contributed by atoms with Gasteiger partial charge < -0.3 is 4.98 Å². The van der Waals surface area contributed by atoms with E-state index in [0.717, 1.165) is 16.3 Å². The number of benzene rings is 2. The van der Waals surface area contributed by atoms with Gasteiger partial charge in [-0.15, -0.1) is 11.8 Å². The lowest BCUT2D eigenvalue weighted by molar-refractivity contribution is -0.123. The number of aromatic nitrogens is 1. The smallest absolute Gasteiger partial charge is 0.305 e. The number of thiazole rings is 1. The van der Waals surface area contributed by atoms with Crippen LogP contribution in [0.1, 0.15) is 28.3 Å². The number of carbonyl (C=O) groups excluding carboxylic acids is 2. The largest absolute Gasteiger partial charge is 0.307 e. The third-order valence-electron chi connectivity index (χ3n) is 8.17. The SMILES string of the molecule is Cc1ccc([C@H]2c3sc(=O)[nH]c3S[C@@H]3[C@@H]4C[C@@H]([C@H]5C(=O)N(c6ccccc6)C(=O)[C@H]45)[C@@H]23)cc1. The number of fused-ring (bicyclic) bond motifs is 9. The molecule has 33 heavy (non-hydrogen) atoms. The minimum absolute atomic E-state index is 0.0282. The summed E-state index contributed by atoms with van der Waals surface area (Å²) in [6, 6.07) is 17.9. The zero-order valence-corrected chi connectivity index (χ0v) is 19.6. The van der Waals surface area contributed by atoms with Gasteiger partial charge in [-0.2, -0.15) is 0 Å². The zero-order valence-electron chi connectivity index (χ0n) is 17.9. The topological polar surface area (TPSA) is 70.2 Å². The number of para-hydroxylation sites is 1. The van der Waals surface area contributed by atoms with Crippen molar-refractivity contribution in [1.82, 2.24) is 4.98 Å². The summed E-state index contributed by atoms with van der Waals surface area (Å²) in [7, 11) is 0. The Hall–Kier alpha value is -2.64. The second-order valence-corrected chi connectivity index (χ2v) is 11.9. The highest BCUT2D eigenvalue weighted by Gasteiger charge is 2.69. The average Bonchev–Trinajstić information content (AvgIpc) is 3.54. The zero-order chi connectivity index (χ0) is 22.4. The molecule has 1 aromatic heterocycles. The van der Waals surface area contributed by atoms with E-state index in [0.29, 0.717) is 5.69 Å². The van der Waals surface area contributed by atoms with Crippen LogP contribution in [0.25, 0.3) is 0 Å². The maximum atomic E-state index is 13.6. The molecule has 5 nitrogen and oxygen atoms in total. The molecule has 2 bridgehead atoms. The predicted octanol–water partition coefficient (Wildman–Crippen LogP) is 4.42. The van der Waals surface area contributed by atoms with Crippen LogP contribution in [0, 0.1) is 36.5 Å². The van der Waals surface area contributed by atoms with Crippen molar-refractivity contribution in [2.45, 2.75) is 29.5 Å². The number of H-pyrrole nitrogens is 1. The van der Waals surface area contributed by atoms with E-state index < -0.39 is 0 Å². The van der Waals surface area contributed by atoms with Gasteiger partial charge in [0.05, 0.1) is 22.5 Å². The molecule has 2 aromatic carbocycles. The number of nitrogens with one attached hydrogen (secondary N) is 1. The molecule has 166 valence electrons. The standard InChI is InChI=1S/C26H22N2O3S2/c1-12-7-9-13(10-8-12)17-18-15-11-16(21(18)32-23-22(17)33-26(31)27-23)20-19(15)24(29)28(25(20)30)14-5-3-2-4-6-14/h2-10,15-21H,11H2,1H3,(H,27,31)/t15-,16-,17-,18+,19-,20-,21-/m1/s1. The van der Waals surface area contributed by atoms with E-state index in [4.69, 9.17) is 0 Å². The van der Waals surface area contributed by atoms with Crippen molar-refractivity contribution < 1.29 is 9.59 Å². The molecule has 2 aliphatic heterocycles. The Morgan fingerprint density at radius 2 is 1.61 bits per heavy atom. The molecule has 3 heterocycles. The second kappa shape index (κ2) is 6.93. The molecular formula is C26H22N2O3S2. The highest BCUT2D eigenvalue weighted by molar-refractivity contribution is 8.00. The van der Waals surface area contributed by atoms with E-state index in [9.17, 15) is 14.4 Å². The van der Waals surface area contributed by atoms with Gasteiger partial charge in [-0.1, -0.05) is 59.4 Å². The number of hydrogen-bond acceptors (Lipinski definition) is 5. The number of amides is 2. The first kappa shape index (κ1) is 19.8. The van der Waals surface area contributed by atoms with E-state index in [1.54, 1.807) is 11.8 Å². The number of nitrogens with zero attached hydrogens (tertiary/aromatic N) is 1. The van der Waals surface area contributed by atoms with Crippen molar-refractivity contribution >= 4 is 40.6 Å². The van der Waals surface area contributed by atoms with Gasteiger partial charge in [0, 0.05) is 16.0 Å². The number of anilines is 1. The molecule has 7 atom stereocenters. The predicted molar refractivity (Wildman–Crippen MR) is 129 cm³/mol. The highest BCUT2D eigenvalue weighted by atomic mass is 32.2. The molecule has 2 aliphatic carbocycles. The van der Waals surface area contributed by atoms with Crippen LogP contribution in [0.2, 0.25) is 0 Å². The van der Waals surface area contributed by atoms with Gasteiger partial charge in [0.2, 0.25) is 11.8 Å². The Kier molecular flexibility index (Phi) is 4.16. The lowest BCUT2D eigenvalue weighted by Gasteiger charge is -2.43. The number of rotatable bonds is 2. The van der Waals surface area contributed by atoms with Crippen molar-refractivity contribution in [3.8, 4) is 0 Å². The fourth-order valence-electron chi connectivity index (χ4n) is 7.00. The van der Waals surface area contributed by atoms with Gasteiger partial charge in [0.15, 0.2) is 0 Å². The molecule has 0 spiro atoms. The quantitative estimate of drug-likeness (QED) is 0.558. The van der Waals surface area contributed by atoms with E-state index >= 15 is 0 Å². The molecule has 0 unspecified atom stereocenters. The molecular weight excluding hydrogens is 452 g/mol. The summed E-state index contributed by atoms with van der Waals surface area (Å²) in [5.41, 5.74) is 3.08. The molecule has 4 aliphatic rings. The van der Waals surface area contributed by atoms with Crippen molar-refractivity contribution in [2.75, 3.05) is 4.90 Å². The number of hydrogen-bond donors (Lipinski definition) is 1. The lowest BCUT2D eigenvalue weighted by atomic mass is 9.68. The fraction of sp³-hybridized carbons (Fsp3) is 0.346. The Morgan fingerprint density at radius 3 is 2.33 bits per heavy atom. The van der Waals surface area contributed by atoms with Crippen LogP contribution < -0.4 is 9.77 Å². The Bertz CT molecular complexity index is 1350. The van der Waals surface area contributed by atoms with Crippen molar-refractivity contribution in [1.29, 1.82) is 0 Å². The molecule has 1 saturated heterocycles. The third-order valence-corrected chi connectivity index (χ3v) is 10.8. The fourth-order valence-corrected chi connectivity index (χ4v) is 9.88. The van der Waals surface area contributed by atoms with E-state index in [-0.39, 0.29) is 57.4 Å². The maximum Gasteiger partial charge on any atom is 0.305 e. The summed E-state index contributed by atoms with van der Waals surface area (Å²) >= 11 is 3.04. The molecule has 2 amide bonds. The summed E-state index contributed by atoms with van der Waals surface area (Å²) in [6.07, 6.45) is 0.916. The molecule has 0 radical (unpaired) electrons. The highest BCUT2D eigenvalue weighted by Crippen LogP contribution is 2.68. The normalized spacial score (nSPS) is 33.8. The van der Waals surface area contributed by atoms with Crippen LogP contribution in [0.3, 0.4) is 0 Å². The van der Waals surface area contributed by atoms with Crippen LogP contribution in [0.5, 0.6) is 0 Å². The number of carbonyl (C=O) groups is 2. The van der Waals surface area contributed by atoms with Gasteiger partial charge >= 0.3 is 4.87 Å². The van der Waals surface area contributed by atoms with Crippen LogP contribution in [-0.4, -0.2) is 22.0 Å². The van der Waals surface area contributed by atoms with Crippen LogP contribution >= 0.6 is 23.1 Å². The number of imide groups is 1. The van der Waals surface area contributed by atoms with Crippen LogP contribution in [0.15, 0.2) is 64.4 Å². The number of aromatic amines is 1. The van der Waals surface area contributed by atoms with Crippen molar-refractivity contribution in [2.24, 2.45) is 29.6 Å². The second-order valence-electron chi connectivity index (χ2n) is 9.72. The van der Waals surface area contributed by atoms with E-state index in [2.05, 4.69) is 36.2 Å². The van der Waals surface area contributed by atoms with Gasteiger partial charge in [-0.25, -0.2) is 0 Å². The summed E-state index contributed by atoms with van der Waals surface area (Å²) in [4.78, 5) is 45.1. The van der Waals surface area contributed by atoms with Gasteiger partial charge in [-0.3, -0.25) is 19.3 Å². The lowest BCUT2D eigenvalue weighted by Crippen LogP contribution is -2.42. The minimum Gasteiger partial charge on any atom is -0.307 e. The molecule has 7 rings (SSSR count). The van der Waals surface area contributed by atoms with Crippen LogP contribution in [-0.2, 0) is 9.59 Å². The van der Waals surface area contributed by atoms with Crippen LogP contribution in [0.4, 0.5) is 5.69 Å². The van der Waals surface area contributed by atoms with E-state index in [1.165, 1.54) is 27.4 Å². The summed E-state index contributed by atoms with van der Waals surface area (Å²) < 4.78 is 0. The first-order valence-corrected chi connectivity index (χ1v) is 13.1. The molecule has 3 fully saturated rings.